The summed E-state index contributed by atoms with van der Waals surface area (Å²) in [5, 5.41) is 11.5. The molecule has 2 fully saturated rings. The molecule has 2 heterocycles. The van der Waals surface area contributed by atoms with Crippen molar-refractivity contribution in [3.63, 3.8) is 0 Å². The van der Waals surface area contributed by atoms with Gasteiger partial charge in [0.2, 0.25) is 10.9 Å². The van der Waals surface area contributed by atoms with Gasteiger partial charge < -0.3 is 10.2 Å². The fraction of sp³-hybridized carbons (Fsp3) is 0.545. The third-order valence-corrected chi connectivity index (χ3v) is 7.99. The standard InChI is InChI=1S/C22H28FN5O2S2/c23-16-5-4-6-17(13-16)24-21(30)22-26-25-19(32-22)14-31-15-20(29)28-11-9-27(10-12-28)18-7-2-1-3-8-18/h4-6,13,18H,1-3,7-12,14-15H2,(H,24,30). The van der Waals surface area contributed by atoms with Gasteiger partial charge in [-0.2, -0.15) is 0 Å². The van der Waals surface area contributed by atoms with Gasteiger partial charge in [0, 0.05) is 43.7 Å². The van der Waals surface area contributed by atoms with Crippen LogP contribution in [0.15, 0.2) is 24.3 Å². The van der Waals surface area contributed by atoms with Gasteiger partial charge in [-0.25, -0.2) is 4.39 Å². The van der Waals surface area contributed by atoms with E-state index in [1.54, 1.807) is 6.07 Å². The number of nitrogens with one attached hydrogen (secondary N) is 1. The molecule has 7 nitrogen and oxygen atoms in total. The number of nitrogens with zero attached hydrogens (tertiary/aromatic N) is 4. The molecule has 4 rings (SSSR count). The van der Waals surface area contributed by atoms with Crippen molar-refractivity contribution in [3.8, 4) is 0 Å². The SMILES string of the molecule is O=C(Nc1cccc(F)c1)c1nnc(CSCC(=O)N2CCN(C3CCCCC3)CC2)s1. The summed E-state index contributed by atoms with van der Waals surface area (Å²) in [5.41, 5.74) is 0.371. The monoisotopic (exact) mass is 477 g/mol. The lowest BCUT2D eigenvalue weighted by molar-refractivity contribution is -0.130. The Hall–Kier alpha value is -2.04. The van der Waals surface area contributed by atoms with E-state index in [-0.39, 0.29) is 10.9 Å². The summed E-state index contributed by atoms with van der Waals surface area (Å²) >= 11 is 2.68. The molecule has 0 bridgehead atoms. The summed E-state index contributed by atoms with van der Waals surface area (Å²) in [6.45, 7) is 3.56. The molecule has 172 valence electrons. The number of carbonyl (C=O) groups excluding carboxylic acids is 2. The normalized spacial score (nSPS) is 18.0. The van der Waals surface area contributed by atoms with Crippen LogP contribution in [-0.4, -0.2) is 69.8 Å². The van der Waals surface area contributed by atoms with E-state index in [0.717, 1.165) is 26.2 Å². The van der Waals surface area contributed by atoms with E-state index >= 15 is 0 Å². The van der Waals surface area contributed by atoms with E-state index < -0.39 is 11.7 Å². The number of anilines is 1. The Labute approximate surface area is 195 Å². The molecule has 1 aromatic heterocycles. The predicted octanol–water partition coefficient (Wildman–Crippen LogP) is 3.64. The van der Waals surface area contributed by atoms with E-state index in [1.807, 2.05) is 4.90 Å². The quantitative estimate of drug-likeness (QED) is 0.656. The van der Waals surface area contributed by atoms with Crippen molar-refractivity contribution in [3.05, 3.63) is 40.1 Å². The van der Waals surface area contributed by atoms with E-state index in [2.05, 4.69) is 20.4 Å². The zero-order valence-electron chi connectivity index (χ0n) is 18.0. The first-order valence-electron chi connectivity index (χ1n) is 11.1. The summed E-state index contributed by atoms with van der Waals surface area (Å²) in [6.07, 6.45) is 6.63. The molecule has 0 radical (unpaired) electrons. The minimum atomic E-state index is -0.420. The van der Waals surface area contributed by atoms with Crippen molar-refractivity contribution in [1.29, 1.82) is 0 Å². The number of benzene rings is 1. The third kappa shape index (κ3) is 6.26. The van der Waals surface area contributed by atoms with Crippen LogP contribution in [0.5, 0.6) is 0 Å². The molecule has 1 N–H and O–H groups in total. The van der Waals surface area contributed by atoms with Gasteiger partial charge in [0.05, 0.1) is 5.75 Å². The van der Waals surface area contributed by atoms with Crippen LogP contribution in [0, 0.1) is 5.82 Å². The summed E-state index contributed by atoms with van der Waals surface area (Å²) < 4.78 is 13.3. The maximum Gasteiger partial charge on any atom is 0.286 e. The third-order valence-electron chi connectivity index (χ3n) is 5.95. The molecule has 10 heteroatoms. The molecule has 0 unspecified atom stereocenters. The highest BCUT2D eigenvalue weighted by atomic mass is 32.2. The van der Waals surface area contributed by atoms with Gasteiger partial charge in [-0.15, -0.1) is 22.0 Å². The summed E-state index contributed by atoms with van der Waals surface area (Å²) in [5.74, 6) is 0.243. The molecular weight excluding hydrogens is 449 g/mol. The van der Waals surface area contributed by atoms with E-state index in [0.29, 0.717) is 28.2 Å². The highest BCUT2D eigenvalue weighted by molar-refractivity contribution is 7.99. The average Bonchev–Trinajstić information content (AvgIpc) is 3.29. The van der Waals surface area contributed by atoms with Crippen molar-refractivity contribution in [2.45, 2.75) is 43.9 Å². The van der Waals surface area contributed by atoms with Crippen LogP contribution in [0.25, 0.3) is 0 Å². The number of amides is 2. The van der Waals surface area contributed by atoms with E-state index in [1.165, 1.54) is 73.4 Å². The Morgan fingerprint density at radius 2 is 1.91 bits per heavy atom. The van der Waals surface area contributed by atoms with E-state index in [9.17, 15) is 14.0 Å². The lowest BCUT2D eigenvalue weighted by Gasteiger charge is -2.40. The van der Waals surface area contributed by atoms with Gasteiger partial charge in [-0.1, -0.05) is 36.7 Å². The van der Waals surface area contributed by atoms with Crippen LogP contribution in [0.3, 0.4) is 0 Å². The second-order valence-corrected chi connectivity index (χ2v) is 10.2. The van der Waals surface area contributed by atoms with Gasteiger partial charge >= 0.3 is 0 Å². The number of thioether (sulfide) groups is 1. The van der Waals surface area contributed by atoms with Crippen LogP contribution >= 0.6 is 23.1 Å². The Kier molecular flexibility index (Phi) is 8.10. The van der Waals surface area contributed by atoms with Crippen molar-refractivity contribution >= 4 is 40.6 Å². The number of aromatic nitrogens is 2. The average molecular weight is 478 g/mol. The number of carbonyl (C=O) groups is 2. The van der Waals surface area contributed by atoms with Crippen LogP contribution in [-0.2, 0) is 10.5 Å². The van der Waals surface area contributed by atoms with Crippen molar-refractivity contribution in [2.24, 2.45) is 0 Å². The largest absolute Gasteiger partial charge is 0.339 e. The molecule has 0 atom stereocenters. The molecule has 2 aromatic rings. The van der Waals surface area contributed by atoms with Gasteiger partial charge in [-0.05, 0) is 31.0 Å². The van der Waals surface area contributed by atoms with Gasteiger partial charge in [0.25, 0.3) is 5.91 Å². The fourth-order valence-corrected chi connectivity index (χ4v) is 5.96. The predicted molar refractivity (Wildman–Crippen MR) is 125 cm³/mol. The maximum absolute atomic E-state index is 13.3. The molecular formula is C22H28FN5O2S2. The first kappa shape index (κ1) is 23.1. The summed E-state index contributed by atoms with van der Waals surface area (Å²) in [6, 6.07) is 6.41. The summed E-state index contributed by atoms with van der Waals surface area (Å²) in [7, 11) is 0. The zero-order valence-corrected chi connectivity index (χ0v) is 19.6. The van der Waals surface area contributed by atoms with Crippen molar-refractivity contribution < 1.29 is 14.0 Å². The molecule has 1 saturated heterocycles. The molecule has 1 aliphatic carbocycles. The number of piperazine rings is 1. The first-order chi connectivity index (χ1) is 15.6. The second-order valence-electron chi connectivity index (χ2n) is 8.17. The minimum absolute atomic E-state index is 0.159. The van der Waals surface area contributed by atoms with Crippen LogP contribution in [0.4, 0.5) is 10.1 Å². The van der Waals surface area contributed by atoms with Crippen LogP contribution < -0.4 is 5.32 Å². The molecule has 1 aromatic carbocycles. The highest BCUT2D eigenvalue weighted by Gasteiger charge is 2.27. The topological polar surface area (TPSA) is 78.4 Å². The fourth-order valence-electron chi connectivity index (χ4n) is 4.25. The highest BCUT2D eigenvalue weighted by Crippen LogP contribution is 2.24. The Bertz CT molecular complexity index is 927. The number of hydrogen-bond acceptors (Lipinski definition) is 7. The van der Waals surface area contributed by atoms with Crippen molar-refractivity contribution in [1.82, 2.24) is 20.0 Å². The molecule has 1 saturated carbocycles. The maximum atomic E-state index is 13.3. The molecule has 2 aliphatic rings. The molecule has 2 amide bonds. The smallest absolute Gasteiger partial charge is 0.286 e. The Morgan fingerprint density at radius 1 is 1.12 bits per heavy atom. The molecule has 1 aliphatic heterocycles. The van der Waals surface area contributed by atoms with Crippen LogP contribution in [0.2, 0.25) is 0 Å². The lowest BCUT2D eigenvalue weighted by atomic mass is 9.94. The van der Waals surface area contributed by atoms with Crippen molar-refractivity contribution in [2.75, 3.05) is 37.2 Å². The van der Waals surface area contributed by atoms with E-state index in [4.69, 9.17) is 0 Å². The molecule has 0 spiro atoms. The second kappa shape index (κ2) is 11.2. The zero-order chi connectivity index (χ0) is 22.3. The molecule has 32 heavy (non-hydrogen) atoms. The number of hydrogen-bond donors (Lipinski definition) is 1. The number of rotatable bonds is 7. The van der Waals surface area contributed by atoms with Gasteiger partial charge in [-0.3, -0.25) is 14.5 Å². The lowest BCUT2D eigenvalue weighted by Crippen LogP contribution is -2.52. The Balaban J connectivity index is 1.17. The minimum Gasteiger partial charge on any atom is -0.339 e. The van der Waals surface area contributed by atoms with Crippen LogP contribution in [0.1, 0.15) is 46.9 Å². The summed E-state index contributed by atoms with van der Waals surface area (Å²) in [4.78, 5) is 29.4. The number of halogens is 1. The van der Waals surface area contributed by atoms with Gasteiger partial charge in [0.15, 0.2) is 0 Å². The van der Waals surface area contributed by atoms with Gasteiger partial charge in [0.1, 0.15) is 10.8 Å². The Morgan fingerprint density at radius 3 is 2.66 bits per heavy atom. The first-order valence-corrected chi connectivity index (χ1v) is 13.0.